The summed E-state index contributed by atoms with van der Waals surface area (Å²) in [6.45, 7) is 5.81. The van der Waals surface area contributed by atoms with Crippen LogP contribution in [0, 0.1) is 17.8 Å². The molecule has 4 rings (SSSR count). The normalized spacial score (nSPS) is 28.6. The summed E-state index contributed by atoms with van der Waals surface area (Å²) in [5.74, 6) is 3.80. The van der Waals surface area contributed by atoms with Gasteiger partial charge >= 0.3 is 0 Å². The lowest BCUT2D eigenvalue weighted by Crippen LogP contribution is -2.49. The molecule has 0 aromatic heterocycles. The van der Waals surface area contributed by atoms with E-state index in [4.69, 9.17) is 9.47 Å². The van der Waals surface area contributed by atoms with Crippen molar-refractivity contribution >= 4 is 5.69 Å². The molecule has 3 aliphatic rings. The number of benzene rings is 1. The molecule has 1 saturated heterocycles. The number of aliphatic hydroxyl groups is 1. The molecule has 0 amide bonds. The van der Waals surface area contributed by atoms with E-state index in [1.54, 1.807) is 7.11 Å². The topological polar surface area (TPSA) is 45.2 Å². The number of aliphatic hydroxyl groups excluding tert-OH is 1. The molecular weight excluding hydrogens is 352 g/mol. The minimum absolute atomic E-state index is 0.391. The molecule has 5 heteroatoms. The zero-order chi connectivity index (χ0) is 19.3. The van der Waals surface area contributed by atoms with Crippen LogP contribution in [0.5, 0.6) is 5.75 Å². The zero-order valence-electron chi connectivity index (χ0n) is 17.3. The van der Waals surface area contributed by atoms with Gasteiger partial charge < -0.3 is 19.5 Å². The molecule has 1 aliphatic heterocycles. The van der Waals surface area contributed by atoms with Crippen LogP contribution in [0.25, 0.3) is 0 Å². The Morgan fingerprint density at radius 2 is 1.93 bits per heavy atom. The third-order valence-corrected chi connectivity index (χ3v) is 7.09. The molecule has 2 bridgehead atoms. The number of rotatable bonds is 9. The number of methoxy groups -OCH3 is 1. The van der Waals surface area contributed by atoms with Gasteiger partial charge in [0.2, 0.25) is 0 Å². The monoisotopic (exact) mass is 388 g/mol. The van der Waals surface area contributed by atoms with Crippen molar-refractivity contribution in [2.24, 2.45) is 17.8 Å². The van der Waals surface area contributed by atoms with E-state index in [0.717, 1.165) is 62.0 Å². The van der Waals surface area contributed by atoms with E-state index in [9.17, 15) is 5.11 Å². The Morgan fingerprint density at radius 1 is 1.11 bits per heavy atom. The van der Waals surface area contributed by atoms with Gasteiger partial charge in [0, 0.05) is 39.3 Å². The molecule has 156 valence electrons. The Labute approximate surface area is 169 Å². The summed E-state index contributed by atoms with van der Waals surface area (Å²) in [5, 5.41) is 10.4. The van der Waals surface area contributed by atoms with Crippen LogP contribution in [0.3, 0.4) is 0 Å². The van der Waals surface area contributed by atoms with E-state index in [1.165, 1.54) is 32.1 Å². The van der Waals surface area contributed by atoms with Crippen LogP contribution >= 0.6 is 0 Å². The van der Waals surface area contributed by atoms with Gasteiger partial charge in [0.05, 0.1) is 25.5 Å². The van der Waals surface area contributed by atoms with Crippen molar-refractivity contribution < 1.29 is 14.6 Å². The standard InChI is InChI=1S/C23H36N2O3/c1-27-23-5-3-2-4-22(23)25-11-9-24(10-12-25)16-21(26)17-28-13-8-20-15-18-6-7-19(20)14-18/h2-5,18-21,26H,6-17H2,1H3/t18-,19-,20+,21-/m1/s1. The molecule has 0 spiro atoms. The van der Waals surface area contributed by atoms with Gasteiger partial charge in [-0.05, 0) is 55.6 Å². The molecule has 1 N–H and O–H groups in total. The van der Waals surface area contributed by atoms with Gasteiger partial charge in [-0.25, -0.2) is 0 Å². The van der Waals surface area contributed by atoms with E-state index < -0.39 is 6.10 Å². The molecule has 4 atom stereocenters. The van der Waals surface area contributed by atoms with Crippen molar-refractivity contribution in [3.05, 3.63) is 24.3 Å². The highest BCUT2D eigenvalue weighted by molar-refractivity contribution is 5.58. The van der Waals surface area contributed by atoms with Crippen molar-refractivity contribution in [1.82, 2.24) is 4.90 Å². The van der Waals surface area contributed by atoms with Gasteiger partial charge in [-0.1, -0.05) is 18.6 Å². The van der Waals surface area contributed by atoms with Gasteiger partial charge in [-0.2, -0.15) is 0 Å². The third kappa shape index (κ3) is 4.81. The average Bonchev–Trinajstić information content (AvgIpc) is 3.35. The molecule has 28 heavy (non-hydrogen) atoms. The van der Waals surface area contributed by atoms with Crippen molar-refractivity contribution in [2.45, 2.75) is 38.2 Å². The number of nitrogens with zero attached hydrogens (tertiary/aromatic N) is 2. The number of piperazine rings is 1. The van der Waals surface area contributed by atoms with E-state index in [0.29, 0.717) is 13.2 Å². The molecule has 3 fully saturated rings. The Balaban J connectivity index is 1.12. The van der Waals surface area contributed by atoms with Crippen LogP contribution in [0.4, 0.5) is 5.69 Å². The molecule has 1 aromatic rings. The van der Waals surface area contributed by atoms with Crippen molar-refractivity contribution in [3.8, 4) is 5.75 Å². The predicted molar refractivity (Wildman–Crippen MR) is 112 cm³/mol. The first-order chi connectivity index (χ1) is 13.7. The maximum atomic E-state index is 10.4. The number of ether oxygens (including phenoxy) is 2. The van der Waals surface area contributed by atoms with E-state index in [-0.39, 0.29) is 0 Å². The smallest absolute Gasteiger partial charge is 0.142 e. The van der Waals surface area contributed by atoms with Gasteiger partial charge in [-0.15, -0.1) is 0 Å². The lowest BCUT2D eigenvalue weighted by Gasteiger charge is -2.37. The van der Waals surface area contributed by atoms with E-state index in [1.807, 2.05) is 12.1 Å². The molecular formula is C23H36N2O3. The second-order valence-corrected chi connectivity index (χ2v) is 8.91. The second kappa shape index (κ2) is 9.47. The molecule has 1 heterocycles. The molecule has 1 aromatic carbocycles. The summed E-state index contributed by atoms with van der Waals surface area (Å²) in [6, 6.07) is 8.20. The summed E-state index contributed by atoms with van der Waals surface area (Å²) in [6.07, 6.45) is 6.59. The highest BCUT2D eigenvalue weighted by Crippen LogP contribution is 2.49. The molecule has 2 aliphatic carbocycles. The number of anilines is 1. The van der Waals surface area contributed by atoms with Crippen molar-refractivity contribution in [3.63, 3.8) is 0 Å². The van der Waals surface area contributed by atoms with Crippen LogP contribution in [-0.4, -0.2) is 69.2 Å². The van der Waals surface area contributed by atoms with Crippen molar-refractivity contribution in [2.75, 3.05) is 57.9 Å². The summed E-state index contributed by atoms with van der Waals surface area (Å²) < 4.78 is 11.3. The van der Waals surface area contributed by atoms with Crippen LogP contribution in [0.15, 0.2) is 24.3 Å². The quantitative estimate of drug-likeness (QED) is 0.659. The minimum Gasteiger partial charge on any atom is -0.495 e. The zero-order valence-corrected chi connectivity index (χ0v) is 17.3. The number of para-hydroxylation sites is 2. The first-order valence-electron chi connectivity index (χ1n) is 11.1. The fourth-order valence-electron chi connectivity index (χ4n) is 5.60. The molecule has 0 radical (unpaired) electrons. The SMILES string of the molecule is COc1ccccc1N1CCN(C[C@@H](O)COCC[C@H]2C[C@@H]3CC[C@@H]2C3)CC1. The summed E-state index contributed by atoms with van der Waals surface area (Å²) >= 11 is 0. The summed E-state index contributed by atoms with van der Waals surface area (Å²) in [7, 11) is 1.72. The Morgan fingerprint density at radius 3 is 2.64 bits per heavy atom. The maximum Gasteiger partial charge on any atom is 0.142 e. The molecule has 5 nitrogen and oxygen atoms in total. The van der Waals surface area contributed by atoms with Gasteiger partial charge in [0.1, 0.15) is 5.75 Å². The number of hydrogen-bond acceptors (Lipinski definition) is 5. The van der Waals surface area contributed by atoms with Crippen LogP contribution in [-0.2, 0) is 4.74 Å². The van der Waals surface area contributed by atoms with Gasteiger partial charge in [-0.3, -0.25) is 4.90 Å². The lowest BCUT2D eigenvalue weighted by molar-refractivity contribution is 0.0100. The van der Waals surface area contributed by atoms with Crippen molar-refractivity contribution in [1.29, 1.82) is 0 Å². The first-order valence-corrected chi connectivity index (χ1v) is 11.1. The average molecular weight is 389 g/mol. The lowest BCUT2D eigenvalue weighted by atomic mass is 9.87. The molecule has 2 saturated carbocycles. The van der Waals surface area contributed by atoms with Crippen LogP contribution in [0.1, 0.15) is 32.1 Å². The Kier molecular flexibility index (Phi) is 6.76. The fourth-order valence-corrected chi connectivity index (χ4v) is 5.60. The van der Waals surface area contributed by atoms with E-state index in [2.05, 4.69) is 21.9 Å². The Hall–Kier alpha value is -1.30. The summed E-state index contributed by atoms with van der Waals surface area (Å²) in [5.41, 5.74) is 1.16. The van der Waals surface area contributed by atoms with Crippen LogP contribution in [0.2, 0.25) is 0 Å². The largest absolute Gasteiger partial charge is 0.495 e. The second-order valence-electron chi connectivity index (χ2n) is 8.91. The molecule has 0 unspecified atom stereocenters. The van der Waals surface area contributed by atoms with Gasteiger partial charge in [0.15, 0.2) is 0 Å². The Bertz CT molecular complexity index is 618. The third-order valence-electron chi connectivity index (χ3n) is 7.09. The van der Waals surface area contributed by atoms with E-state index >= 15 is 0 Å². The minimum atomic E-state index is -0.391. The number of hydrogen-bond donors (Lipinski definition) is 1. The first kappa shape index (κ1) is 20.0. The number of β-amino-alcohol motifs (C(OH)–C–C–N with tert-alkyl or cyclic N) is 1. The van der Waals surface area contributed by atoms with Crippen LogP contribution < -0.4 is 9.64 Å². The maximum absolute atomic E-state index is 10.4. The highest BCUT2D eigenvalue weighted by Gasteiger charge is 2.38. The highest BCUT2D eigenvalue weighted by atomic mass is 16.5. The number of fused-ring (bicyclic) bond motifs is 2. The van der Waals surface area contributed by atoms with Gasteiger partial charge in [0.25, 0.3) is 0 Å². The predicted octanol–water partition coefficient (Wildman–Crippen LogP) is 3.02. The summed E-state index contributed by atoms with van der Waals surface area (Å²) in [4.78, 5) is 4.71. The fraction of sp³-hybridized carbons (Fsp3) is 0.739.